The van der Waals surface area contributed by atoms with Gasteiger partial charge in [0.25, 0.3) is 15.9 Å². The predicted octanol–water partition coefficient (Wildman–Crippen LogP) is 5.19. The van der Waals surface area contributed by atoms with Gasteiger partial charge < -0.3 is 29.0 Å². The number of rotatable bonds is 11. The maximum absolute atomic E-state index is 15.3. The van der Waals surface area contributed by atoms with Crippen LogP contribution in [0.5, 0.6) is 17.2 Å². The van der Waals surface area contributed by atoms with Crippen LogP contribution in [0.3, 0.4) is 0 Å². The summed E-state index contributed by atoms with van der Waals surface area (Å²) in [7, 11) is 0.325. The smallest absolute Gasteiger partial charge is 0.497 e. The zero-order valence-electron chi connectivity index (χ0n) is 27.9. The number of halogens is 4. The highest BCUT2D eigenvalue weighted by atomic mass is 35.5. The number of sulfonamides is 1. The van der Waals surface area contributed by atoms with Gasteiger partial charge in [0.15, 0.2) is 5.75 Å². The van der Waals surface area contributed by atoms with E-state index in [0.29, 0.717) is 21.7 Å². The van der Waals surface area contributed by atoms with Crippen LogP contribution in [0.15, 0.2) is 71.1 Å². The van der Waals surface area contributed by atoms with E-state index in [1.165, 1.54) is 63.5 Å². The number of amides is 2. The SMILES string of the molecule is COc1ccc(S(=O)(=O)N2C(=O)C(CC3=CC[C@H](O)C[C@H]3C(=O)N(C)C)(c3cc(CC=O)ccc3OC)c3cc(Cl)ccc32)c(OC(F)(F)F)c1. The molecule has 0 aromatic heterocycles. The third kappa shape index (κ3) is 7.02. The average molecular weight is 751 g/mol. The Morgan fingerprint density at radius 1 is 1.06 bits per heavy atom. The average Bonchev–Trinajstić information content (AvgIpc) is 3.31. The Hall–Kier alpha value is -4.60. The molecule has 0 fully saturated rings. The van der Waals surface area contributed by atoms with E-state index >= 15 is 4.79 Å². The maximum atomic E-state index is 15.3. The number of fused-ring (bicyclic) bond motifs is 1. The van der Waals surface area contributed by atoms with Gasteiger partial charge in [0.05, 0.1) is 31.9 Å². The monoisotopic (exact) mass is 750 g/mol. The summed E-state index contributed by atoms with van der Waals surface area (Å²) in [5.74, 6) is -3.63. The minimum absolute atomic E-state index is 0.00381. The second-order valence-corrected chi connectivity index (χ2v) is 14.5. The Bertz CT molecular complexity index is 2020. The number of ether oxygens (including phenoxy) is 3. The van der Waals surface area contributed by atoms with E-state index in [0.717, 1.165) is 18.2 Å². The molecule has 0 spiro atoms. The molecule has 0 radical (unpaired) electrons. The van der Waals surface area contributed by atoms with Gasteiger partial charge in [0, 0.05) is 37.2 Å². The molecule has 5 rings (SSSR count). The van der Waals surface area contributed by atoms with Gasteiger partial charge in [-0.2, -0.15) is 0 Å². The molecule has 1 N–H and O–H groups in total. The van der Waals surface area contributed by atoms with Crippen LogP contribution in [0.4, 0.5) is 18.9 Å². The number of aliphatic hydroxyl groups is 1. The molecule has 1 heterocycles. The molecule has 16 heteroatoms. The highest BCUT2D eigenvalue weighted by Gasteiger charge is 2.58. The lowest BCUT2D eigenvalue weighted by molar-refractivity contribution is -0.275. The molecule has 3 aromatic rings. The van der Waals surface area contributed by atoms with Crippen molar-refractivity contribution in [2.45, 2.75) is 48.5 Å². The Balaban J connectivity index is 1.85. The van der Waals surface area contributed by atoms with Gasteiger partial charge in [-0.25, -0.2) is 12.7 Å². The van der Waals surface area contributed by atoms with Gasteiger partial charge in [-0.05, 0) is 66.8 Å². The minimum Gasteiger partial charge on any atom is -0.497 e. The summed E-state index contributed by atoms with van der Waals surface area (Å²) in [6.07, 6.45) is -4.25. The first-order chi connectivity index (χ1) is 24.0. The van der Waals surface area contributed by atoms with Crippen molar-refractivity contribution < 1.29 is 55.3 Å². The number of hydrogen-bond donors (Lipinski definition) is 1. The van der Waals surface area contributed by atoms with Crippen LogP contribution in [0, 0.1) is 5.92 Å². The van der Waals surface area contributed by atoms with Crippen molar-refractivity contribution in [1.82, 2.24) is 4.90 Å². The van der Waals surface area contributed by atoms with Gasteiger partial charge in [-0.15, -0.1) is 13.2 Å². The number of carbonyl (C=O) groups is 3. The zero-order valence-corrected chi connectivity index (χ0v) is 29.4. The van der Waals surface area contributed by atoms with Gasteiger partial charge in [-0.3, -0.25) is 9.59 Å². The standard InChI is InChI=1S/C35H34ClF3N2O9S/c1-40(2)32(44)25-17-23(43)8-6-21(25)19-34(27-15-20(13-14-42)5-11-29(27)49-4)26-16-22(36)7-10-28(26)41(33(34)45)51(46,47)31-12-9-24(48-3)18-30(31)50-35(37,38)39/h5-7,9-12,14-16,18,23,25,43H,8,13,17,19H2,1-4H3/t23-,25+,34?/m0/s1. The van der Waals surface area contributed by atoms with Gasteiger partial charge in [0.2, 0.25) is 5.91 Å². The van der Waals surface area contributed by atoms with Gasteiger partial charge in [0.1, 0.15) is 28.1 Å². The lowest BCUT2D eigenvalue weighted by Gasteiger charge is -2.36. The topological polar surface area (TPSA) is 140 Å². The number of carbonyl (C=O) groups excluding carboxylic acids is 3. The van der Waals surface area contributed by atoms with Crippen molar-refractivity contribution in [1.29, 1.82) is 0 Å². The Morgan fingerprint density at radius 2 is 1.78 bits per heavy atom. The number of hydrogen-bond acceptors (Lipinski definition) is 9. The summed E-state index contributed by atoms with van der Waals surface area (Å²) in [5, 5.41) is 10.7. The molecule has 0 saturated carbocycles. The Morgan fingerprint density at radius 3 is 2.41 bits per heavy atom. The molecule has 3 atom stereocenters. The number of nitrogens with zero attached hydrogens (tertiary/aromatic N) is 2. The molecule has 2 amide bonds. The van der Waals surface area contributed by atoms with Crippen LogP contribution < -0.4 is 18.5 Å². The van der Waals surface area contributed by atoms with Crippen LogP contribution in [0.2, 0.25) is 5.02 Å². The third-order valence-electron chi connectivity index (χ3n) is 8.94. The second kappa shape index (κ2) is 14.2. The predicted molar refractivity (Wildman–Crippen MR) is 179 cm³/mol. The van der Waals surface area contributed by atoms with Crippen LogP contribution in [-0.4, -0.2) is 77.3 Å². The van der Waals surface area contributed by atoms with Crippen LogP contribution in [-0.2, 0) is 36.2 Å². The summed E-state index contributed by atoms with van der Waals surface area (Å²) >= 11 is 6.51. The highest BCUT2D eigenvalue weighted by molar-refractivity contribution is 7.93. The fourth-order valence-electron chi connectivity index (χ4n) is 6.66. The fourth-order valence-corrected chi connectivity index (χ4v) is 8.41. The first-order valence-corrected chi connectivity index (χ1v) is 17.3. The zero-order chi connectivity index (χ0) is 37.5. The van der Waals surface area contributed by atoms with Crippen molar-refractivity contribution in [3.8, 4) is 17.2 Å². The van der Waals surface area contributed by atoms with E-state index in [-0.39, 0.29) is 64.9 Å². The number of alkyl halides is 3. The molecule has 0 saturated heterocycles. The molecule has 0 bridgehead atoms. The molecule has 1 unspecified atom stereocenters. The van der Waals surface area contributed by atoms with Crippen molar-refractivity contribution in [3.63, 3.8) is 0 Å². The highest BCUT2D eigenvalue weighted by Crippen LogP contribution is 2.56. The summed E-state index contributed by atoms with van der Waals surface area (Å²) in [6.45, 7) is 0. The van der Waals surface area contributed by atoms with Crippen molar-refractivity contribution in [3.05, 3.63) is 88.0 Å². The van der Waals surface area contributed by atoms with E-state index in [2.05, 4.69) is 4.74 Å². The Labute approximate surface area is 297 Å². The first-order valence-electron chi connectivity index (χ1n) is 15.5. The molecular formula is C35H34ClF3N2O9S. The molecule has 2 aliphatic rings. The Kier molecular flexibility index (Phi) is 10.5. The summed E-state index contributed by atoms with van der Waals surface area (Å²) in [5.41, 5.74) is -1.30. The number of aldehydes is 1. The lowest BCUT2D eigenvalue weighted by Crippen LogP contribution is -2.46. The van der Waals surface area contributed by atoms with Crippen LogP contribution in [0.25, 0.3) is 0 Å². The van der Waals surface area contributed by atoms with E-state index in [4.69, 9.17) is 21.1 Å². The molecular weight excluding hydrogens is 717 g/mol. The summed E-state index contributed by atoms with van der Waals surface area (Å²) in [4.78, 5) is 40.8. The van der Waals surface area contributed by atoms with Crippen LogP contribution >= 0.6 is 11.6 Å². The number of aliphatic hydroxyl groups excluding tert-OH is 1. The first kappa shape index (κ1) is 37.7. The largest absolute Gasteiger partial charge is 0.573 e. The number of benzene rings is 3. The molecule has 272 valence electrons. The summed E-state index contributed by atoms with van der Waals surface area (Å²) < 4.78 is 85.3. The van der Waals surface area contributed by atoms with E-state index < -0.39 is 50.4 Å². The molecule has 11 nitrogen and oxygen atoms in total. The van der Waals surface area contributed by atoms with Crippen molar-refractivity contribution >= 4 is 45.4 Å². The van der Waals surface area contributed by atoms with E-state index in [1.807, 2.05) is 0 Å². The minimum atomic E-state index is -5.32. The summed E-state index contributed by atoms with van der Waals surface area (Å²) in [6, 6.07) is 11.2. The van der Waals surface area contributed by atoms with Gasteiger partial charge in [-0.1, -0.05) is 35.4 Å². The van der Waals surface area contributed by atoms with Crippen molar-refractivity contribution in [2.75, 3.05) is 32.6 Å². The van der Waals surface area contributed by atoms with Crippen LogP contribution in [0.1, 0.15) is 36.0 Å². The van der Waals surface area contributed by atoms with Gasteiger partial charge >= 0.3 is 6.36 Å². The number of anilines is 1. The number of methoxy groups -OCH3 is 2. The molecule has 51 heavy (non-hydrogen) atoms. The maximum Gasteiger partial charge on any atom is 0.573 e. The second-order valence-electron chi connectivity index (χ2n) is 12.3. The fraction of sp³-hybridized carbons (Fsp3) is 0.343. The quantitative estimate of drug-likeness (QED) is 0.207. The molecule has 1 aliphatic carbocycles. The van der Waals surface area contributed by atoms with E-state index in [9.17, 15) is 36.3 Å². The molecule has 3 aromatic carbocycles. The molecule has 1 aliphatic heterocycles. The normalized spacial score (nSPS) is 20.4. The lowest BCUT2D eigenvalue weighted by atomic mass is 9.67. The van der Waals surface area contributed by atoms with E-state index in [1.54, 1.807) is 12.1 Å². The third-order valence-corrected chi connectivity index (χ3v) is 10.9. The van der Waals surface area contributed by atoms with Crippen molar-refractivity contribution in [2.24, 2.45) is 5.92 Å².